The quantitative estimate of drug-likeness (QED) is 0.601. The average Bonchev–Trinajstić information content (AvgIpc) is 1.88. The summed E-state index contributed by atoms with van der Waals surface area (Å²) in [5.41, 5.74) is -1.34. The minimum absolute atomic E-state index is 0.0203. The first-order chi connectivity index (χ1) is 4.66. The van der Waals surface area contributed by atoms with Crippen LogP contribution in [0, 0.1) is 0 Å². The van der Waals surface area contributed by atoms with E-state index in [4.69, 9.17) is 11.6 Å². The third kappa shape index (κ3) is 1.83. The fraction of sp³-hybridized carbons (Fsp3) is 0.429. The molecule has 1 aliphatic carbocycles. The summed E-state index contributed by atoms with van der Waals surface area (Å²) >= 11 is 8.59. The van der Waals surface area contributed by atoms with E-state index >= 15 is 0 Å². The molecule has 0 heterocycles. The van der Waals surface area contributed by atoms with E-state index in [0.29, 0.717) is 6.42 Å². The van der Waals surface area contributed by atoms with Crippen LogP contribution in [0.3, 0.4) is 0 Å². The summed E-state index contributed by atoms with van der Waals surface area (Å²) in [7, 11) is 0. The molecular formula is C7H7BrClF. The van der Waals surface area contributed by atoms with Gasteiger partial charge in [-0.05, 0) is 6.08 Å². The van der Waals surface area contributed by atoms with Gasteiger partial charge < -0.3 is 0 Å². The highest BCUT2D eigenvalue weighted by Gasteiger charge is 2.26. The second kappa shape index (κ2) is 3.05. The van der Waals surface area contributed by atoms with Crippen LogP contribution in [0.15, 0.2) is 22.7 Å². The Morgan fingerprint density at radius 2 is 2.50 bits per heavy atom. The van der Waals surface area contributed by atoms with E-state index in [0.717, 1.165) is 4.48 Å². The summed E-state index contributed by atoms with van der Waals surface area (Å²) in [5, 5.41) is 0. The van der Waals surface area contributed by atoms with E-state index in [9.17, 15) is 4.39 Å². The highest BCUT2D eigenvalue weighted by atomic mass is 79.9. The molecule has 0 fully saturated rings. The van der Waals surface area contributed by atoms with Gasteiger partial charge in [-0.15, -0.1) is 11.6 Å². The van der Waals surface area contributed by atoms with Crippen LogP contribution in [0.25, 0.3) is 0 Å². The molecule has 1 aliphatic rings. The Balaban J connectivity index is 2.76. The van der Waals surface area contributed by atoms with Gasteiger partial charge in [-0.25, -0.2) is 4.39 Å². The standard InChI is InChI=1S/C7H7BrClF/c8-6-2-1-3-7(10,4-6)5-9/h1-2,4H,3,5H2. The average molecular weight is 225 g/mol. The predicted octanol–water partition coefficient (Wildman–Crippen LogP) is 3.17. The molecule has 0 aliphatic heterocycles. The van der Waals surface area contributed by atoms with Gasteiger partial charge in [-0.3, -0.25) is 0 Å². The van der Waals surface area contributed by atoms with Gasteiger partial charge in [0, 0.05) is 10.9 Å². The molecule has 0 bridgehead atoms. The van der Waals surface area contributed by atoms with E-state index in [-0.39, 0.29) is 5.88 Å². The lowest BCUT2D eigenvalue weighted by molar-refractivity contribution is 0.264. The zero-order valence-electron chi connectivity index (χ0n) is 5.28. The Morgan fingerprint density at radius 3 is 2.90 bits per heavy atom. The Hall–Kier alpha value is 0.180. The number of hydrogen-bond acceptors (Lipinski definition) is 0. The molecule has 0 nitrogen and oxygen atoms in total. The normalized spacial score (nSPS) is 32.1. The van der Waals surface area contributed by atoms with Crippen molar-refractivity contribution in [2.24, 2.45) is 0 Å². The first kappa shape index (κ1) is 8.28. The zero-order valence-corrected chi connectivity index (χ0v) is 7.62. The van der Waals surface area contributed by atoms with Crippen molar-refractivity contribution in [1.82, 2.24) is 0 Å². The first-order valence-electron chi connectivity index (χ1n) is 2.96. The molecule has 1 rings (SSSR count). The molecule has 0 saturated carbocycles. The summed E-state index contributed by atoms with van der Waals surface area (Å²) in [6, 6.07) is 0. The minimum Gasteiger partial charge on any atom is -0.238 e. The molecule has 10 heavy (non-hydrogen) atoms. The summed E-state index contributed by atoms with van der Waals surface area (Å²) in [6.45, 7) is 0. The molecule has 1 atom stereocenters. The fourth-order valence-corrected chi connectivity index (χ4v) is 1.60. The second-order valence-electron chi connectivity index (χ2n) is 2.30. The lowest BCUT2D eigenvalue weighted by Crippen LogP contribution is -2.22. The molecule has 0 amide bonds. The van der Waals surface area contributed by atoms with Crippen molar-refractivity contribution in [1.29, 1.82) is 0 Å². The van der Waals surface area contributed by atoms with E-state index in [2.05, 4.69) is 15.9 Å². The van der Waals surface area contributed by atoms with E-state index < -0.39 is 5.67 Å². The second-order valence-corrected chi connectivity index (χ2v) is 3.49. The molecule has 0 aromatic rings. The lowest BCUT2D eigenvalue weighted by atomic mass is 10.00. The molecular weight excluding hydrogens is 218 g/mol. The maximum atomic E-state index is 13.3. The van der Waals surface area contributed by atoms with Gasteiger partial charge in [0.25, 0.3) is 0 Å². The van der Waals surface area contributed by atoms with E-state index in [1.54, 1.807) is 6.08 Å². The van der Waals surface area contributed by atoms with Crippen molar-refractivity contribution in [2.45, 2.75) is 12.1 Å². The summed E-state index contributed by atoms with van der Waals surface area (Å²) in [6.07, 6.45) is 5.47. The van der Waals surface area contributed by atoms with Crippen molar-refractivity contribution in [3.63, 3.8) is 0 Å². The third-order valence-electron chi connectivity index (χ3n) is 1.35. The molecule has 0 aromatic heterocycles. The summed E-state index contributed by atoms with van der Waals surface area (Å²) in [5.74, 6) is 0.0203. The van der Waals surface area contributed by atoms with Crippen LogP contribution in [-0.4, -0.2) is 11.5 Å². The number of allylic oxidation sites excluding steroid dienone is 4. The fourth-order valence-electron chi connectivity index (χ4n) is 0.815. The smallest absolute Gasteiger partial charge is 0.147 e. The maximum Gasteiger partial charge on any atom is 0.147 e. The molecule has 3 heteroatoms. The summed E-state index contributed by atoms with van der Waals surface area (Å²) in [4.78, 5) is 0. The maximum absolute atomic E-state index is 13.3. The Labute approximate surface area is 72.9 Å². The molecule has 0 spiro atoms. The third-order valence-corrected chi connectivity index (χ3v) is 2.29. The zero-order chi connectivity index (χ0) is 7.61. The van der Waals surface area contributed by atoms with Gasteiger partial charge in [-0.1, -0.05) is 28.1 Å². The van der Waals surface area contributed by atoms with Gasteiger partial charge in [0.2, 0.25) is 0 Å². The van der Waals surface area contributed by atoms with Gasteiger partial charge in [0.05, 0.1) is 5.88 Å². The van der Waals surface area contributed by atoms with Crippen LogP contribution in [0.1, 0.15) is 6.42 Å². The Kier molecular flexibility index (Phi) is 2.53. The van der Waals surface area contributed by atoms with Crippen molar-refractivity contribution in [3.05, 3.63) is 22.7 Å². The van der Waals surface area contributed by atoms with Gasteiger partial charge in [-0.2, -0.15) is 0 Å². The largest absolute Gasteiger partial charge is 0.238 e. The van der Waals surface area contributed by atoms with Crippen LogP contribution >= 0.6 is 27.5 Å². The molecule has 0 aromatic carbocycles. The molecule has 1 unspecified atom stereocenters. The molecule has 0 radical (unpaired) electrons. The van der Waals surface area contributed by atoms with Crippen molar-refractivity contribution in [3.8, 4) is 0 Å². The van der Waals surface area contributed by atoms with Gasteiger partial charge in [0.1, 0.15) is 5.67 Å². The van der Waals surface area contributed by atoms with Gasteiger partial charge in [0.15, 0.2) is 0 Å². The number of halogens is 3. The van der Waals surface area contributed by atoms with E-state index in [1.165, 1.54) is 6.08 Å². The number of rotatable bonds is 1. The first-order valence-corrected chi connectivity index (χ1v) is 4.29. The number of hydrogen-bond donors (Lipinski definition) is 0. The monoisotopic (exact) mass is 224 g/mol. The Morgan fingerprint density at radius 1 is 1.80 bits per heavy atom. The van der Waals surface area contributed by atoms with Crippen LogP contribution in [0.4, 0.5) is 4.39 Å². The minimum atomic E-state index is -1.34. The molecule has 0 N–H and O–H groups in total. The topological polar surface area (TPSA) is 0 Å². The van der Waals surface area contributed by atoms with Crippen molar-refractivity contribution in [2.75, 3.05) is 5.88 Å². The molecule has 0 saturated heterocycles. The highest BCUT2D eigenvalue weighted by Crippen LogP contribution is 2.28. The van der Waals surface area contributed by atoms with Crippen molar-refractivity contribution >= 4 is 27.5 Å². The van der Waals surface area contributed by atoms with E-state index in [1.807, 2.05) is 6.08 Å². The summed E-state index contributed by atoms with van der Waals surface area (Å²) < 4.78 is 14.0. The van der Waals surface area contributed by atoms with Crippen LogP contribution < -0.4 is 0 Å². The van der Waals surface area contributed by atoms with Crippen LogP contribution in [-0.2, 0) is 0 Å². The van der Waals surface area contributed by atoms with Gasteiger partial charge >= 0.3 is 0 Å². The Bertz CT molecular complexity index is 188. The highest BCUT2D eigenvalue weighted by molar-refractivity contribution is 9.11. The van der Waals surface area contributed by atoms with Crippen LogP contribution in [0.5, 0.6) is 0 Å². The molecule has 56 valence electrons. The predicted molar refractivity (Wildman–Crippen MR) is 45.3 cm³/mol. The van der Waals surface area contributed by atoms with Crippen LogP contribution in [0.2, 0.25) is 0 Å². The number of alkyl halides is 2. The lowest BCUT2D eigenvalue weighted by Gasteiger charge is -2.19. The van der Waals surface area contributed by atoms with Crippen molar-refractivity contribution < 1.29 is 4.39 Å². The SMILES string of the molecule is FC1(CCl)C=C(Br)C=CC1.